The van der Waals surface area contributed by atoms with Gasteiger partial charge in [-0.25, -0.2) is 0 Å². The summed E-state index contributed by atoms with van der Waals surface area (Å²) in [4.78, 5) is 14.7. The zero-order valence-corrected chi connectivity index (χ0v) is 13.7. The molecule has 2 N–H and O–H groups in total. The highest BCUT2D eigenvalue weighted by Crippen LogP contribution is 2.16. The van der Waals surface area contributed by atoms with E-state index >= 15 is 0 Å². The molecule has 1 amide bonds. The molecule has 2 aliphatic heterocycles. The minimum absolute atomic E-state index is 0. The lowest BCUT2D eigenvalue weighted by Gasteiger charge is -2.31. The van der Waals surface area contributed by atoms with Crippen molar-refractivity contribution >= 4 is 18.3 Å². The lowest BCUT2D eigenvalue weighted by atomic mass is 9.92. The molecular weight excluding hydrogens is 274 g/mol. The van der Waals surface area contributed by atoms with E-state index in [0.29, 0.717) is 6.04 Å². The molecule has 5 heteroatoms. The third kappa shape index (κ3) is 5.58. The van der Waals surface area contributed by atoms with E-state index in [2.05, 4.69) is 29.4 Å². The summed E-state index contributed by atoms with van der Waals surface area (Å²) in [5.74, 6) is 0.470. The number of rotatable bonds is 4. The molecule has 2 fully saturated rings. The summed E-state index contributed by atoms with van der Waals surface area (Å²) in [6, 6.07) is 0.748. The van der Waals surface area contributed by atoms with Gasteiger partial charge in [-0.05, 0) is 59.2 Å². The average molecular weight is 304 g/mol. The van der Waals surface area contributed by atoms with Crippen LogP contribution in [0.15, 0.2) is 0 Å². The van der Waals surface area contributed by atoms with Crippen LogP contribution in [0.5, 0.6) is 0 Å². The fraction of sp³-hybridized carbons (Fsp3) is 0.933. The Morgan fingerprint density at radius 2 is 2.05 bits per heavy atom. The van der Waals surface area contributed by atoms with Crippen molar-refractivity contribution < 1.29 is 4.79 Å². The fourth-order valence-corrected chi connectivity index (χ4v) is 3.31. The van der Waals surface area contributed by atoms with Crippen LogP contribution in [0.1, 0.15) is 46.0 Å². The molecule has 2 rings (SSSR count). The molecule has 0 aromatic rings. The van der Waals surface area contributed by atoms with Crippen LogP contribution in [0.3, 0.4) is 0 Å². The van der Waals surface area contributed by atoms with Gasteiger partial charge in [0.15, 0.2) is 0 Å². The molecule has 0 bridgehead atoms. The van der Waals surface area contributed by atoms with Gasteiger partial charge in [0.05, 0.1) is 0 Å². The Bertz CT molecular complexity index is 295. The molecule has 118 valence electrons. The summed E-state index contributed by atoms with van der Waals surface area (Å²) in [5, 5.41) is 6.61. The highest BCUT2D eigenvalue weighted by Gasteiger charge is 2.25. The number of carbonyl (C=O) groups excluding carboxylic acids is 1. The number of carbonyl (C=O) groups is 1. The molecule has 0 aliphatic carbocycles. The van der Waals surface area contributed by atoms with Gasteiger partial charge in [-0.15, -0.1) is 12.4 Å². The number of nitrogens with one attached hydrogen (secondary N) is 2. The summed E-state index contributed by atoms with van der Waals surface area (Å²) in [6.45, 7) is 8.68. The van der Waals surface area contributed by atoms with Gasteiger partial charge in [0.1, 0.15) is 0 Å². The molecule has 20 heavy (non-hydrogen) atoms. The molecule has 0 radical (unpaired) electrons. The second-order valence-corrected chi connectivity index (χ2v) is 6.35. The maximum atomic E-state index is 12.2. The second kappa shape index (κ2) is 8.85. The van der Waals surface area contributed by atoms with Gasteiger partial charge < -0.3 is 15.5 Å². The Labute approximate surface area is 129 Å². The second-order valence-electron chi connectivity index (χ2n) is 6.35. The minimum Gasteiger partial charge on any atom is -0.352 e. The third-order valence-electron chi connectivity index (χ3n) is 4.36. The summed E-state index contributed by atoms with van der Waals surface area (Å²) < 4.78 is 0. The fourth-order valence-electron chi connectivity index (χ4n) is 3.31. The maximum Gasteiger partial charge on any atom is 0.223 e. The number of nitrogens with zero attached hydrogens (tertiary/aromatic N) is 1. The number of piperidine rings is 2. The molecule has 0 spiro atoms. The third-order valence-corrected chi connectivity index (χ3v) is 4.36. The molecule has 0 saturated carbocycles. The van der Waals surface area contributed by atoms with Crippen LogP contribution in [0.2, 0.25) is 0 Å². The topological polar surface area (TPSA) is 44.4 Å². The van der Waals surface area contributed by atoms with E-state index < -0.39 is 0 Å². The van der Waals surface area contributed by atoms with E-state index in [-0.39, 0.29) is 30.3 Å². The SMILES string of the molecule is CC(CN1CCCCC1)NC(=O)[C@H]1CCN[C@@H](C)C1.Cl. The van der Waals surface area contributed by atoms with Gasteiger partial charge in [-0.3, -0.25) is 4.79 Å². The predicted octanol–water partition coefficient (Wildman–Crippen LogP) is 1.79. The summed E-state index contributed by atoms with van der Waals surface area (Å²) in [6.07, 6.45) is 5.94. The first-order chi connectivity index (χ1) is 9.15. The first-order valence-electron chi connectivity index (χ1n) is 7.91. The van der Waals surface area contributed by atoms with E-state index in [1.807, 2.05) is 0 Å². The van der Waals surface area contributed by atoms with Crippen molar-refractivity contribution in [2.45, 2.75) is 58.0 Å². The molecule has 4 nitrogen and oxygen atoms in total. The summed E-state index contributed by atoms with van der Waals surface area (Å²) in [7, 11) is 0. The Hall–Kier alpha value is -0.320. The maximum absolute atomic E-state index is 12.2. The number of hydrogen-bond donors (Lipinski definition) is 2. The van der Waals surface area contributed by atoms with Gasteiger partial charge in [0, 0.05) is 24.5 Å². The lowest BCUT2D eigenvalue weighted by Crippen LogP contribution is -2.48. The normalized spacial score (nSPS) is 29.3. The highest BCUT2D eigenvalue weighted by molar-refractivity contribution is 5.85. The van der Waals surface area contributed by atoms with Gasteiger partial charge >= 0.3 is 0 Å². The van der Waals surface area contributed by atoms with Crippen LogP contribution in [0.4, 0.5) is 0 Å². The Morgan fingerprint density at radius 3 is 2.70 bits per heavy atom. The highest BCUT2D eigenvalue weighted by atomic mass is 35.5. The molecule has 2 aliphatic rings. The van der Waals surface area contributed by atoms with Gasteiger partial charge in [-0.1, -0.05) is 6.42 Å². The van der Waals surface area contributed by atoms with Crippen LogP contribution in [0.25, 0.3) is 0 Å². The Morgan fingerprint density at radius 1 is 1.35 bits per heavy atom. The molecule has 1 unspecified atom stereocenters. The first kappa shape index (κ1) is 17.7. The lowest BCUT2D eigenvalue weighted by molar-refractivity contribution is -0.126. The Balaban J connectivity index is 0.00000200. The largest absolute Gasteiger partial charge is 0.352 e. The average Bonchev–Trinajstić information content (AvgIpc) is 2.39. The van der Waals surface area contributed by atoms with Crippen molar-refractivity contribution in [3.05, 3.63) is 0 Å². The zero-order valence-electron chi connectivity index (χ0n) is 12.9. The zero-order chi connectivity index (χ0) is 13.7. The monoisotopic (exact) mass is 303 g/mol. The van der Waals surface area contributed by atoms with E-state index in [1.165, 1.54) is 32.4 Å². The molecule has 3 atom stereocenters. The van der Waals surface area contributed by atoms with Crippen LogP contribution in [-0.4, -0.2) is 49.1 Å². The predicted molar refractivity (Wildman–Crippen MR) is 85.3 cm³/mol. The number of halogens is 1. The molecular formula is C15H30ClN3O. The van der Waals surface area contributed by atoms with Crippen molar-refractivity contribution in [1.82, 2.24) is 15.5 Å². The smallest absolute Gasteiger partial charge is 0.223 e. The Kier molecular flexibility index (Phi) is 7.85. The standard InChI is InChI=1S/C15H29N3O.ClH/c1-12-10-14(6-7-16-12)15(19)17-13(2)11-18-8-4-3-5-9-18;/h12-14,16H,3-11H2,1-2H3,(H,17,19);1H/t12-,13?,14-;/m0./s1. The van der Waals surface area contributed by atoms with Crippen LogP contribution < -0.4 is 10.6 Å². The number of likely N-dealkylation sites (tertiary alicyclic amines) is 1. The van der Waals surface area contributed by atoms with Crippen molar-refractivity contribution in [3.8, 4) is 0 Å². The van der Waals surface area contributed by atoms with Crippen LogP contribution in [0, 0.1) is 5.92 Å². The quantitative estimate of drug-likeness (QED) is 0.832. The number of amides is 1. The van der Waals surface area contributed by atoms with Crippen molar-refractivity contribution in [2.75, 3.05) is 26.2 Å². The first-order valence-corrected chi connectivity index (χ1v) is 7.91. The van der Waals surface area contributed by atoms with Gasteiger partial charge in [0.2, 0.25) is 5.91 Å². The molecule has 2 saturated heterocycles. The van der Waals surface area contributed by atoms with E-state index in [1.54, 1.807) is 0 Å². The summed E-state index contributed by atoms with van der Waals surface area (Å²) in [5.41, 5.74) is 0. The molecule has 0 aromatic heterocycles. The van der Waals surface area contributed by atoms with Crippen molar-refractivity contribution in [3.63, 3.8) is 0 Å². The number of hydrogen-bond acceptors (Lipinski definition) is 3. The van der Waals surface area contributed by atoms with Gasteiger partial charge in [0.25, 0.3) is 0 Å². The van der Waals surface area contributed by atoms with E-state index in [0.717, 1.165) is 25.9 Å². The van der Waals surface area contributed by atoms with Crippen molar-refractivity contribution in [2.24, 2.45) is 5.92 Å². The van der Waals surface area contributed by atoms with E-state index in [4.69, 9.17) is 0 Å². The van der Waals surface area contributed by atoms with Crippen LogP contribution in [-0.2, 0) is 4.79 Å². The van der Waals surface area contributed by atoms with Gasteiger partial charge in [-0.2, -0.15) is 0 Å². The molecule has 0 aromatic carbocycles. The minimum atomic E-state index is 0. The summed E-state index contributed by atoms with van der Waals surface area (Å²) >= 11 is 0. The molecule has 2 heterocycles. The van der Waals surface area contributed by atoms with E-state index in [9.17, 15) is 4.79 Å². The van der Waals surface area contributed by atoms with Crippen LogP contribution >= 0.6 is 12.4 Å². The van der Waals surface area contributed by atoms with Crippen molar-refractivity contribution in [1.29, 1.82) is 0 Å².